The summed E-state index contributed by atoms with van der Waals surface area (Å²) < 4.78 is 28.8. The normalized spacial score (nSPS) is 29.4. The van der Waals surface area contributed by atoms with Crippen LogP contribution in [-0.2, 0) is 21.4 Å². The van der Waals surface area contributed by atoms with Gasteiger partial charge in [-0.2, -0.15) is 9.40 Å². The average molecular weight is 327 g/mol. The molecule has 0 aromatic carbocycles. The number of aliphatic carboxylic acids is 1. The minimum absolute atomic E-state index is 0.0903. The van der Waals surface area contributed by atoms with Gasteiger partial charge >= 0.3 is 5.97 Å². The molecule has 3 atom stereocenters. The fourth-order valence-corrected chi connectivity index (χ4v) is 5.90. The third-order valence-corrected chi connectivity index (χ3v) is 6.79. The lowest BCUT2D eigenvalue weighted by Gasteiger charge is -2.32. The highest BCUT2D eigenvalue weighted by Crippen LogP contribution is 2.42. The summed E-state index contributed by atoms with van der Waals surface area (Å²) in [4.78, 5) is 11.6. The van der Waals surface area contributed by atoms with E-state index in [1.54, 1.807) is 0 Å². The molecule has 3 rings (SSSR count). The van der Waals surface area contributed by atoms with E-state index in [0.717, 1.165) is 25.7 Å². The van der Waals surface area contributed by atoms with Gasteiger partial charge in [0.25, 0.3) is 10.0 Å². The van der Waals surface area contributed by atoms with E-state index in [1.165, 1.54) is 21.3 Å². The van der Waals surface area contributed by atoms with Gasteiger partial charge in [-0.25, -0.2) is 8.42 Å². The Morgan fingerprint density at radius 2 is 2.14 bits per heavy atom. The zero-order chi connectivity index (χ0) is 15.9. The monoisotopic (exact) mass is 327 g/mol. The minimum Gasteiger partial charge on any atom is -0.480 e. The third-order valence-electron chi connectivity index (χ3n) is 4.83. The summed E-state index contributed by atoms with van der Waals surface area (Å²) in [6.07, 6.45) is 5.52. The second-order valence-corrected chi connectivity index (χ2v) is 7.81. The topological polar surface area (TPSA) is 92.5 Å². The van der Waals surface area contributed by atoms with Gasteiger partial charge in [-0.3, -0.25) is 9.48 Å². The first-order valence-corrected chi connectivity index (χ1v) is 9.19. The van der Waals surface area contributed by atoms with E-state index < -0.39 is 22.0 Å². The molecule has 2 fully saturated rings. The number of aromatic nitrogens is 2. The molecule has 7 nitrogen and oxygen atoms in total. The molecule has 1 aliphatic carbocycles. The fraction of sp³-hybridized carbons (Fsp3) is 0.714. The number of rotatable bonds is 4. The standard InChI is InChI=1S/C14H21N3O4S/c1-2-16-13(7-8-15-16)22(20,21)17-11-6-4-3-5-10(11)9-12(17)14(18)19/h7-8,10-12H,2-6,9H2,1H3,(H,18,19). The third kappa shape index (κ3) is 2.34. The van der Waals surface area contributed by atoms with Crippen molar-refractivity contribution < 1.29 is 18.3 Å². The Morgan fingerprint density at radius 3 is 2.82 bits per heavy atom. The van der Waals surface area contributed by atoms with Crippen LogP contribution in [-0.4, -0.2) is 45.7 Å². The Hall–Kier alpha value is -1.41. The number of nitrogens with zero attached hydrogens (tertiary/aromatic N) is 3. The highest BCUT2D eigenvalue weighted by Gasteiger charge is 2.51. The molecule has 3 unspecified atom stereocenters. The Bertz CT molecular complexity index is 669. The van der Waals surface area contributed by atoms with Crippen molar-refractivity contribution in [3.63, 3.8) is 0 Å². The zero-order valence-corrected chi connectivity index (χ0v) is 13.4. The van der Waals surface area contributed by atoms with Gasteiger partial charge in [0.05, 0.1) is 6.20 Å². The number of aryl methyl sites for hydroxylation is 1. The van der Waals surface area contributed by atoms with Crippen LogP contribution in [0.4, 0.5) is 0 Å². The van der Waals surface area contributed by atoms with Crippen molar-refractivity contribution in [3.05, 3.63) is 12.3 Å². The van der Waals surface area contributed by atoms with Gasteiger partial charge < -0.3 is 5.11 Å². The number of carbonyl (C=O) groups is 1. The van der Waals surface area contributed by atoms with Crippen LogP contribution < -0.4 is 0 Å². The molecule has 122 valence electrons. The Labute approximate surface area is 130 Å². The van der Waals surface area contributed by atoms with Crippen molar-refractivity contribution in [2.24, 2.45) is 5.92 Å². The lowest BCUT2D eigenvalue weighted by Crippen LogP contribution is -2.46. The number of sulfonamides is 1. The number of fused-ring (bicyclic) bond motifs is 1. The molecule has 1 aromatic rings. The van der Waals surface area contributed by atoms with Gasteiger partial charge in [0.1, 0.15) is 6.04 Å². The first-order chi connectivity index (χ1) is 10.5. The fourth-order valence-electron chi connectivity index (χ4n) is 3.86. The Kier molecular flexibility index (Phi) is 3.98. The molecule has 0 radical (unpaired) electrons. The van der Waals surface area contributed by atoms with Crippen LogP contribution in [0.3, 0.4) is 0 Å². The van der Waals surface area contributed by atoms with Gasteiger partial charge in [-0.05, 0) is 38.2 Å². The lowest BCUT2D eigenvalue weighted by molar-refractivity contribution is -0.141. The van der Waals surface area contributed by atoms with Crippen molar-refractivity contribution in [3.8, 4) is 0 Å². The van der Waals surface area contributed by atoms with E-state index in [9.17, 15) is 18.3 Å². The summed E-state index contributed by atoms with van der Waals surface area (Å²) >= 11 is 0. The summed E-state index contributed by atoms with van der Waals surface area (Å²) in [5, 5.41) is 13.6. The highest BCUT2D eigenvalue weighted by molar-refractivity contribution is 7.89. The van der Waals surface area contributed by atoms with Crippen LogP contribution in [0.15, 0.2) is 17.3 Å². The van der Waals surface area contributed by atoms with Gasteiger partial charge in [0.15, 0.2) is 5.03 Å². The second kappa shape index (κ2) is 5.66. The summed E-state index contributed by atoms with van der Waals surface area (Å²) in [6.45, 7) is 2.25. The van der Waals surface area contributed by atoms with E-state index in [0.29, 0.717) is 13.0 Å². The number of carboxylic acids is 1. The summed E-state index contributed by atoms with van der Waals surface area (Å²) in [5.41, 5.74) is 0. The maximum absolute atomic E-state index is 13.0. The van der Waals surface area contributed by atoms with Gasteiger partial charge in [0.2, 0.25) is 0 Å². The average Bonchev–Trinajstić information content (AvgIpc) is 3.11. The van der Waals surface area contributed by atoms with Crippen LogP contribution in [0.5, 0.6) is 0 Å². The number of hydrogen-bond donors (Lipinski definition) is 1. The summed E-state index contributed by atoms with van der Waals surface area (Å²) in [6, 6.07) is 0.298. The lowest BCUT2D eigenvalue weighted by atomic mass is 9.85. The smallest absolute Gasteiger partial charge is 0.322 e. The maximum atomic E-state index is 13.0. The highest BCUT2D eigenvalue weighted by atomic mass is 32.2. The first kappa shape index (κ1) is 15.5. The van der Waals surface area contributed by atoms with Crippen molar-refractivity contribution in [1.82, 2.24) is 14.1 Å². The molecule has 22 heavy (non-hydrogen) atoms. The largest absolute Gasteiger partial charge is 0.480 e. The SMILES string of the molecule is CCn1nccc1S(=O)(=O)N1C(C(=O)O)CC2CCCCC21. The quantitative estimate of drug-likeness (QED) is 0.900. The van der Waals surface area contributed by atoms with Gasteiger partial charge in [-0.1, -0.05) is 12.8 Å². The minimum atomic E-state index is -3.85. The molecule has 1 aliphatic heterocycles. The molecule has 1 saturated heterocycles. The molecule has 0 spiro atoms. The molecular formula is C14H21N3O4S. The molecule has 0 bridgehead atoms. The van der Waals surface area contributed by atoms with Crippen LogP contribution in [0.25, 0.3) is 0 Å². The maximum Gasteiger partial charge on any atom is 0.322 e. The van der Waals surface area contributed by atoms with Crippen LogP contribution in [0.2, 0.25) is 0 Å². The second-order valence-electron chi connectivity index (χ2n) is 6.02. The predicted molar refractivity (Wildman–Crippen MR) is 78.7 cm³/mol. The number of hydrogen-bond acceptors (Lipinski definition) is 4. The van der Waals surface area contributed by atoms with Crippen LogP contribution in [0, 0.1) is 5.92 Å². The molecule has 1 saturated carbocycles. The molecule has 2 heterocycles. The van der Waals surface area contributed by atoms with Gasteiger partial charge in [0, 0.05) is 12.6 Å². The molecule has 1 N–H and O–H groups in total. The number of carboxylic acid groups (broad SMARTS) is 1. The van der Waals surface area contributed by atoms with Crippen LogP contribution in [0.1, 0.15) is 39.0 Å². The molecule has 0 amide bonds. The molecule has 8 heteroatoms. The van der Waals surface area contributed by atoms with E-state index in [4.69, 9.17) is 0 Å². The van der Waals surface area contributed by atoms with Crippen LogP contribution >= 0.6 is 0 Å². The van der Waals surface area contributed by atoms with Gasteiger partial charge in [-0.15, -0.1) is 0 Å². The predicted octanol–water partition coefficient (Wildman–Crippen LogP) is 1.31. The Morgan fingerprint density at radius 1 is 1.41 bits per heavy atom. The molecular weight excluding hydrogens is 306 g/mol. The summed E-state index contributed by atoms with van der Waals surface area (Å²) in [7, 11) is -3.85. The van der Waals surface area contributed by atoms with E-state index in [1.807, 2.05) is 6.92 Å². The molecule has 2 aliphatic rings. The van der Waals surface area contributed by atoms with Crippen molar-refractivity contribution in [2.75, 3.05) is 0 Å². The zero-order valence-electron chi connectivity index (χ0n) is 12.6. The Balaban J connectivity index is 2.04. The van der Waals surface area contributed by atoms with Crippen molar-refractivity contribution in [2.45, 2.75) is 62.7 Å². The van der Waals surface area contributed by atoms with E-state index >= 15 is 0 Å². The first-order valence-electron chi connectivity index (χ1n) is 7.75. The van der Waals surface area contributed by atoms with E-state index in [-0.39, 0.29) is 17.0 Å². The van der Waals surface area contributed by atoms with Crippen molar-refractivity contribution in [1.29, 1.82) is 0 Å². The van der Waals surface area contributed by atoms with Crippen molar-refractivity contribution >= 4 is 16.0 Å². The van der Waals surface area contributed by atoms with E-state index in [2.05, 4.69) is 5.10 Å². The molecule has 1 aromatic heterocycles. The summed E-state index contributed by atoms with van der Waals surface area (Å²) in [5.74, 6) is -0.900.